The molecule has 0 aliphatic carbocycles. The van der Waals surface area contributed by atoms with Crippen LogP contribution in [0.3, 0.4) is 0 Å². The number of hydrogen-bond donors (Lipinski definition) is 1. The fourth-order valence-corrected chi connectivity index (χ4v) is 1.69. The summed E-state index contributed by atoms with van der Waals surface area (Å²) in [6.45, 7) is 6.25. The first-order chi connectivity index (χ1) is 5.41. The van der Waals surface area contributed by atoms with Crippen molar-refractivity contribution in [3.63, 3.8) is 0 Å². The molecule has 1 aromatic heterocycles. The molecule has 66 valence electrons. The van der Waals surface area contributed by atoms with Crippen LogP contribution in [0.25, 0.3) is 0 Å². The van der Waals surface area contributed by atoms with Gasteiger partial charge >= 0.3 is 0 Å². The minimum absolute atomic E-state index is 0.00407. The molecule has 0 aromatic carbocycles. The average molecular weight is 230 g/mol. The third kappa shape index (κ3) is 1.94. The van der Waals surface area contributed by atoms with E-state index in [0.29, 0.717) is 5.95 Å². The smallest absolute Gasteiger partial charge is 0.220 e. The standard InChI is InChI=1S/C8H12BrN3/c1-8(2,3)6-5(9)4-11-7(10)12-6/h4H,1-3H3,(H2,10,11,12). The number of nitrogens with zero attached hydrogens (tertiary/aromatic N) is 2. The van der Waals surface area contributed by atoms with Crippen molar-refractivity contribution in [3.8, 4) is 0 Å². The first kappa shape index (κ1) is 9.45. The lowest BCUT2D eigenvalue weighted by atomic mass is 9.92. The van der Waals surface area contributed by atoms with Crippen LogP contribution < -0.4 is 5.73 Å². The Bertz CT molecular complexity index is 291. The van der Waals surface area contributed by atoms with Gasteiger partial charge < -0.3 is 5.73 Å². The van der Waals surface area contributed by atoms with Crippen molar-refractivity contribution < 1.29 is 0 Å². The molecular weight excluding hydrogens is 218 g/mol. The second-order valence-electron chi connectivity index (χ2n) is 3.67. The number of anilines is 1. The molecule has 1 heterocycles. The van der Waals surface area contributed by atoms with Gasteiger partial charge in [-0.05, 0) is 15.9 Å². The molecule has 0 radical (unpaired) electrons. The lowest BCUT2D eigenvalue weighted by Crippen LogP contribution is -2.15. The van der Waals surface area contributed by atoms with Crippen LogP contribution in [0.4, 0.5) is 5.95 Å². The Morgan fingerprint density at radius 1 is 1.42 bits per heavy atom. The highest BCUT2D eigenvalue weighted by molar-refractivity contribution is 9.10. The maximum atomic E-state index is 5.48. The Kier molecular flexibility index (Phi) is 2.37. The SMILES string of the molecule is CC(C)(C)c1nc(N)ncc1Br. The van der Waals surface area contributed by atoms with Crippen LogP contribution in [0.15, 0.2) is 10.7 Å². The van der Waals surface area contributed by atoms with Gasteiger partial charge in [0, 0.05) is 11.6 Å². The summed E-state index contributed by atoms with van der Waals surface area (Å²) in [6.07, 6.45) is 1.68. The van der Waals surface area contributed by atoms with Crippen molar-refractivity contribution in [2.75, 3.05) is 5.73 Å². The minimum Gasteiger partial charge on any atom is -0.368 e. The molecule has 0 atom stereocenters. The van der Waals surface area contributed by atoms with E-state index in [1.54, 1.807) is 6.20 Å². The number of hydrogen-bond acceptors (Lipinski definition) is 3. The monoisotopic (exact) mass is 229 g/mol. The normalized spacial score (nSPS) is 11.7. The Labute approximate surface area is 80.5 Å². The molecule has 0 unspecified atom stereocenters. The van der Waals surface area contributed by atoms with Gasteiger partial charge in [-0.1, -0.05) is 20.8 Å². The summed E-state index contributed by atoms with van der Waals surface area (Å²) in [4.78, 5) is 8.04. The van der Waals surface area contributed by atoms with Crippen LogP contribution in [-0.2, 0) is 5.41 Å². The van der Waals surface area contributed by atoms with E-state index < -0.39 is 0 Å². The highest BCUT2D eigenvalue weighted by Crippen LogP contribution is 2.27. The molecule has 0 bridgehead atoms. The Hall–Kier alpha value is -0.640. The van der Waals surface area contributed by atoms with Gasteiger partial charge in [-0.3, -0.25) is 0 Å². The quantitative estimate of drug-likeness (QED) is 0.742. The van der Waals surface area contributed by atoms with E-state index in [1.165, 1.54) is 0 Å². The molecule has 0 aliphatic rings. The summed E-state index contributed by atoms with van der Waals surface area (Å²) >= 11 is 3.39. The largest absolute Gasteiger partial charge is 0.368 e. The second-order valence-corrected chi connectivity index (χ2v) is 4.53. The van der Waals surface area contributed by atoms with Gasteiger partial charge in [0.15, 0.2) is 0 Å². The van der Waals surface area contributed by atoms with Gasteiger partial charge in [-0.15, -0.1) is 0 Å². The van der Waals surface area contributed by atoms with Crippen molar-refractivity contribution in [2.45, 2.75) is 26.2 Å². The number of rotatable bonds is 0. The molecule has 0 amide bonds. The van der Waals surface area contributed by atoms with E-state index in [2.05, 4.69) is 46.7 Å². The first-order valence-corrected chi connectivity index (χ1v) is 4.49. The van der Waals surface area contributed by atoms with Gasteiger partial charge in [0.25, 0.3) is 0 Å². The van der Waals surface area contributed by atoms with Gasteiger partial charge in [0.2, 0.25) is 5.95 Å². The molecule has 0 spiro atoms. The van der Waals surface area contributed by atoms with E-state index in [0.717, 1.165) is 10.2 Å². The van der Waals surface area contributed by atoms with E-state index in [-0.39, 0.29) is 5.41 Å². The number of nitrogens with two attached hydrogens (primary N) is 1. The van der Waals surface area contributed by atoms with Crippen LogP contribution in [-0.4, -0.2) is 9.97 Å². The zero-order chi connectivity index (χ0) is 9.35. The summed E-state index contributed by atoms with van der Waals surface area (Å²) < 4.78 is 0.907. The van der Waals surface area contributed by atoms with Crippen LogP contribution in [0.2, 0.25) is 0 Å². The number of nitrogen functional groups attached to an aromatic ring is 1. The minimum atomic E-state index is -0.00407. The lowest BCUT2D eigenvalue weighted by Gasteiger charge is -2.18. The van der Waals surface area contributed by atoms with Crippen LogP contribution >= 0.6 is 15.9 Å². The van der Waals surface area contributed by atoms with Gasteiger partial charge in [-0.25, -0.2) is 9.97 Å². The van der Waals surface area contributed by atoms with Crippen molar-refractivity contribution in [1.29, 1.82) is 0 Å². The topological polar surface area (TPSA) is 51.8 Å². The molecule has 0 saturated heterocycles. The maximum Gasteiger partial charge on any atom is 0.220 e. The number of aromatic nitrogens is 2. The fraction of sp³-hybridized carbons (Fsp3) is 0.500. The number of halogens is 1. The molecular formula is C8H12BrN3. The summed E-state index contributed by atoms with van der Waals surface area (Å²) in [6, 6.07) is 0. The summed E-state index contributed by atoms with van der Waals surface area (Å²) in [5.41, 5.74) is 6.42. The van der Waals surface area contributed by atoms with Gasteiger partial charge in [0.1, 0.15) is 0 Å². The molecule has 0 aliphatic heterocycles. The fourth-order valence-electron chi connectivity index (χ4n) is 0.907. The van der Waals surface area contributed by atoms with E-state index in [4.69, 9.17) is 5.73 Å². The summed E-state index contributed by atoms with van der Waals surface area (Å²) in [7, 11) is 0. The summed E-state index contributed by atoms with van der Waals surface area (Å²) in [5, 5.41) is 0. The van der Waals surface area contributed by atoms with E-state index >= 15 is 0 Å². The molecule has 0 fully saturated rings. The van der Waals surface area contributed by atoms with Crippen molar-refractivity contribution >= 4 is 21.9 Å². The van der Waals surface area contributed by atoms with Crippen molar-refractivity contribution in [3.05, 3.63) is 16.4 Å². The third-order valence-corrected chi connectivity index (χ3v) is 2.05. The van der Waals surface area contributed by atoms with Crippen molar-refractivity contribution in [2.24, 2.45) is 0 Å². The zero-order valence-corrected chi connectivity index (χ0v) is 9.01. The van der Waals surface area contributed by atoms with Gasteiger partial charge in [0.05, 0.1) is 10.2 Å². The van der Waals surface area contributed by atoms with Crippen molar-refractivity contribution in [1.82, 2.24) is 9.97 Å². The first-order valence-electron chi connectivity index (χ1n) is 3.70. The highest BCUT2D eigenvalue weighted by atomic mass is 79.9. The molecule has 4 heteroatoms. The predicted octanol–water partition coefficient (Wildman–Crippen LogP) is 2.12. The molecule has 0 saturated carbocycles. The second kappa shape index (κ2) is 3.01. The lowest BCUT2D eigenvalue weighted by molar-refractivity contribution is 0.564. The Morgan fingerprint density at radius 3 is 2.42 bits per heavy atom. The van der Waals surface area contributed by atoms with Gasteiger partial charge in [-0.2, -0.15) is 0 Å². The van der Waals surface area contributed by atoms with Crippen LogP contribution in [0, 0.1) is 0 Å². The molecule has 1 rings (SSSR count). The highest BCUT2D eigenvalue weighted by Gasteiger charge is 2.19. The van der Waals surface area contributed by atoms with E-state index in [1.807, 2.05) is 0 Å². The van der Waals surface area contributed by atoms with Crippen LogP contribution in [0.1, 0.15) is 26.5 Å². The molecule has 2 N–H and O–H groups in total. The maximum absolute atomic E-state index is 5.48. The molecule has 1 aromatic rings. The van der Waals surface area contributed by atoms with E-state index in [9.17, 15) is 0 Å². The average Bonchev–Trinajstić information content (AvgIpc) is 1.92. The third-order valence-electron chi connectivity index (χ3n) is 1.47. The zero-order valence-electron chi connectivity index (χ0n) is 7.43. The Morgan fingerprint density at radius 2 is 2.00 bits per heavy atom. The predicted molar refractivity (Wildman–Crippen MR) is 52.8 cm³/mol. The summed E-state index contributed by atoms with van der Waals surface area (Å²) in [5.74, 6) is 0.322. The Balaban J connectivity index is 3.23. The van der Waals surface area contributed by atoms with Crippen LogP contribution in [0.5, 0.6) is 0 Å². The molecule has 3 nitrogen and oxygen atoms in total. The molecule has 12 heavy (non-hydrogen) atoms.